The van der Waals surface area contributed by atoms with Crippen molar-refractivity contribution in [3.05, 3.63) is 47.5 Å². The Bertz CT molecular complexity index is 938. The van der Waals surface area contributed by atoms with Crippen molar-refractivity contribution in [1.29, 1.82) is 0 Å². The second-order valence-electron chi connectivity index (χ2n) is 11.3. The Morgan fingerprint density at radius 2 is 1.50 bits per heavy atom. The lowest BCUT2D eigenvalue weighted by molar-refractivity contribution is 0.247. The molecule has 2 aromatic rings. The number of aromatic nitrogens is 1. The summed E-state index contributed by atoms with van der Waals surface area (Å²) in [6.07, 6.45) is 6.41. The van der Waals surface area contributed by atoms with E-state index in [0.29, 0.717) is 5.41 Å². The molecule has 1 aromatic carbocycles. The van der Waals surface area contributed by atoms with Gasteiger partial charge in [0.05, 0.1) is 5.69 Å². The minimum absolute atomic E-state index is 0. The Kier molecular flexibility index (Phi) is 7.25. The van der Waals surface area contributed by atoms with Crippen molar-refractivity contribution < 1.29 is 0 Å². The molecule has 0 saturated carbocycles. The van der Waals surface area contributed by atoms with Crippen molar-refractivity contribution >= 4 is 30.6 Å². The van der Waals surface area contributed by atoms with Gasteiger partial charge in [0, 0.05) is 25.2 Å². The normalized spacial score (nSPS) is 22.6. The van der Waals surface area contributed by atoms with Gasteiger partial charge in [-0.1, -0.05) is 45.9 Å². The van der Waals surface area contributed by atoms with Gasteiger partial charge in [-0.05, 0) is 84.2 Å². The summed E-state index contributed by atoms with van der Waals surface area (Å²) in [4.78, 5) is 7.62. The van der Waals surface area contributed by atoms with Gasteiger partial charge in [0.15, 0.2) is 0 Å². The van der Waals surface area contributed by atoms with Crippen molar-refractivity contribution in [1.82, 2.24) is 10.3 Å². The van der Waals surface area contributed by atoms with Crippen LogP contribution in [0.2, 0.25) is 0 Å². The molecule has 2 saturated heterocycles. The van der Waals surface area contributed by atoms with E-state index in [1.54, 1.807) is 0 Å². The summed E-state index contributed by atoms with van der Waals surface area (Å²) in [7, 11) is 0. The largest absolute Gasteiger partial charge is 0.357 e. The molecule has 1 N–H and O–H groups in total. The number of benzene rings is 1. The molecule has 5 rings (SSSR count). The number of halogens is 2. The van der Waals surface area contributed by atoms with Crippen molar-refractivity contribution in [2.45, 2.75) is 70.6 Å². The van der Waals surface area contributed by atoms with Gasteiger partial charge in [-0.25, -0.2) is 4.98 Å². The predicted molar refractivity (Wildman–Crippen MR) is 141 cm³/mol. The van der Waals surface area contributed by atoms with Crippen molar-refractivity contribution in [2.24, 2.45) is 5.41 Å². The zero-order valence-corrected chi connectivity index (χ0v) is 21.7. The molecule has 0 atom stereocenters. The molecule has 0 radical (unpaired) electrons. The average Bonchev–Trinajstić information content (AvgIpc) is 3.20. The Labute approximate surface area is 206 Å². The van der Waals surface area contributed by atoms with Crippen LogP contribution in [0.15, 0.2) is 36.4 Å². The van der Waals surface area contributed by atoms with E-state index in [4.69, 9.17) is 4.98 Å². The van der Waals surface area contributed by atoms with Gasteiger partial charge >= 0.3 is 0 Å². The summed E-state index contributed by atoms with van der Waals surface area (Å²) in [5.74, 6) is 1.14. The topological polar surface area (TPSA) is 28.2 Å². The summed E-state index contributed by atoms with van der Waals surface area (Å²) in [5.41, 5.74) is 6.44. The molecule has 2 aliphatic heterocycles. The van der Waals surface area contributed by atoms with Crippen molar-refractivity contribution in [2.75, 3.05) is 31.1 Å². The highest BCUT2D eigenvalue weighted by Gasteiger charge is 2.38. The zero-order valence-electron chi connectivity index (χ0n) is 20.0. The standard InChI is InChI=1S/C27H37N3.2ClH/c1-25(2)10-11-26(3,4)22-18-20(8-9-21(22)25)23-6-5-7-24(29-23)30-16-13-27(14-17-30)12-15-28-19-27;;/h5-9,18,28H,10-17,19H2,1-4H3;2*1H. The van der Waals surface area contributed by atoms with Gasteiger partial charge in [0.2, 0.25) is 0 Å². The Balaban J connectivity index is 0.00000144. The number of pyridine rings is 1. The van der Waals surface area contributed by atoms with Gasteiger partial charge in [-0.15, -0.1) is 24.8 Å². The molecule has 3 nitrogen and oxygen atoms in total. The van der Waals surface area contributed by atoms with E-state index in [-0.39, 0.29) is 35.6 Å². The lowest BCUT2D eigenvalue weighted by atomic mass is 9.63. The minimum Gasteiger partial charge on any atom is -0.357 e. The first kappa shape index (κ1) is 25.3. The molecule has 1 aliphatic carbocycles. The third-order valence-electron chi connectivity index (χ3n) is 8.36. The smallest absolute Gasteiger partial charge is 0.129 e. The van der Waals surface area contributed by atoms with Crippen molar-refractivity contribution in [3.63, 3.8) is 0 Å². The van der Waals surface area contributed by atoms with E-state index >= 15 is 0 Å². The highest BCUT2D eigenvalue weighted by molar-refractivity contribution is 5.85. The lowest BCUT2D eigenvalue weighted by Crippen LogP contribution is -2.41. The van der Waals surface area contributed by atoms with Crippen LogP contribution in [-0.4, -0.2) is 31.2 Å². The fourth-order valence-electron chi connectivity index (χ4n) is 5.94. The van der Waals surface area contributed by atoms with Crippen molar-refractivity contribution in [3.8, 4) is 11.3 Å². The van der Waals surface area contributed by atoms with Gasteiger partial charge in [0.25, 0.3) is 0 Å². The maximum absolute atomic E-state index is 5.13. The number of hydrogen-bond donors (Lipinski definition) is 1. The van der Waals surface area contributed by atoms with Crippen LogP contribution in [0.3, 0.4) is 0 Å². The molecule has 1 aromatic heterocycles. The van der Waals surface area contributed by atoms with Crippen LogP contribution in [0.25, 0.3) is 11.3 Å². The minimum atomic E-state index is 0. The molecule has 32 heavy (non-hydrogen) atoms. The van der Waals surface area contributed by atoms with Gasteiger partial charge in [0.1, 0.15) is 5.82 Å². The SMILES string of the molecule is CC1(C)CCC(C)(C)c2cc(-c3cccc(N4CCC5(CCNC5)CC4)n3)ccc21.Cl.Cl. The highest BCUT2D eigenvalue weighted by Crippen LogP contribution is 2.46. The van der Waals surface area contributed by atoms with Gasteiger partial charge in [-0.2, -0.15) is 0 Å². The van der Waals surface area contributed by atoms with E-state index in [2.05, 4.69) is 74.3 Å². The first-order valence-electron chi connectivity index (χ1n) is 11.9. The summed E-state index contributed by atoms with van der Waals surface area (Å²) in [6.45, 7) is 14.2. The van der Waals surface area contributed by atoms with E-state index in [1.165, 1.54) is 61.9 Å². The third kappa shape index (κ3) is 4.54. The summed E-state index contributed by atoms with van der Waals surface area (Å²) in [6, 6.07) is 13.7. The molecule has 0 amide bonds. The maximum atomic E-state index is 5.13. The number of anilines is 1. The average molecular weight is 477 g/mol. The molecule has 3 heterocycles. The second kappa shape index (κ2) is 9.16. The zero-order chi connectivity index (χ0) is 21.0. The molecule has 2 fully saturated rings. The summed E-state index contributed by atoms with van der Waals surface area (Å²) >= 11 is 0. The van der Waals surface area contributed by atoms with Crippen LogP contribution in [0.4, 0.5) is 5.82 Å². The summed E-state index contributed by atoms with van der Waals surface area (Å²) < 4.78 is 0. The van der Waals surface area contributed by atoms with Gasteiger partial charge < -0.3 is 10.2 Å². The fraction of sp³-hybridized carbons (Fsp3) is 0.593. The first-order valence-corrected chi connectivity index (χ1v) is 11.9. The summed E-state index contributed by atoms with van der Waals surface area (Å²) in [5, 5.41) is 3.57. The highest BCUT2D eigenvalue weighted by atomic mass is 35.5. The molecule has 1 spiro atoms. The predicted octanol–water partition coefficient (Wildman–Crippen LogP) is 6.52. The molecule has 5 heteroatoms. The molecule has 0 unspecified atom stereocenters. The Hall–Kier alpha value is -1.29. The first-order chi connectivity index (χ1) is 14.3. The molecular weight excluding hydrogens is 437 g/mol. The molecular formula is C27H39Cl2N3. The number of fused-ring (bicyclic) bond motifs is 1. The molecule has 0 bridgehead atoms. The van der Waals surface area contributed by atoms with E-state index in [0.717, 1.165) is 24.6 Å². The maximum Gasteiger partial charge on any atom is 0.129 e. The second-order valence-corrected chi connectivity index (χ2v) is 11.3. The molecule has 3 aliphatic rings. The van der Waals surface area contributed by atoms with E-state index in [1.807, 2.05) is 0 Å². The van der Waals surface area contributed by atoms with Crippen LogP contribution < -0.4 is 10.2 Å². The quantitative estimate of drug-likeness (QED) is 0.535. The van der Waals surface area contributed by atoms with Crippen LogP contribution in [-0.2, 0) is 10.8 Å². The molecule has 176 valence electrons. The third-order valence-corrected chi connectivity index (χ3v) is 8.36. The number of nitrogens with one attached hydrogen (secondary N) is 1. The van der Waals surface area contributed by atoms with Crippen LogP contribution in [0, 0.1) is 5.41 Å². The number of piperidine rings is 1. The Morgan fingerprint density at radius 1 is 0.812 bits per heavy atom. The van der Waals surface area contributed by atoms with Crippen LogP contribution in [0.5, 0.6) is 0 Å². The number of hydrogen-bond acceptors (Lipinski definition) is 3. The number of nitrogens with zero attached hydrogens (tertiary/aromatic N) is 2. The monoisotopic (exact) mass is 475 g/mol. The fourth-order valence-corrected chi connectivity index (χ4v) is 5.94. The van der Waals surface area contributed by atoms with Crippen LogP contribution in [0.1, 0.15) is 70.9 Å². The van der Waals surface area contributed by atoms with E-state index in [9.17, 15) is 0 Å². The van der Waals surface area contributed by atoms with Gasteiger partial charge in [-0.3, -0.25) is 0 Å². The van der Waals surface area contributed by atoms with E-state index < -0.39 is 0 Å². The Morgan fingerprint density at radius 3 is 2.16 bits per heavy atom. The lowest BCUT2D eigenvalue weighted by Gasteiger charge is -2.42. The number of rotatable bonds is 2. The van der Waals surface area contributed by atoms with Crippen LogP contribution >= 0.6 is 24.8 Å².